The van der Waals surface area contributed by atoms with E-state index in [-0.39, 0.29) is 30.1 Å². The third-order valence-corrected chi connectivity index (χ3v) is 10.2. The normalized spacial score (nSPS) is 27.5. The summed E-state index contributed by atoms with van der Waals surface area (Å²) in [6, 6.07) is 2.43. The fourth-order valence-electron chi connectivity index (χ4n) is 7.79. The van der Waals surface area contributed by atoms with Gasteiger partial charge in [0.05, 0.1) is 5.69 Å². The molecule has 2 aliphatic heterocycles. The maximum absolute atomic E-state index is 13.3. The molecule has 198 valence electrons. The molecule has 4 aliphatic carbocycles. The summed E-state index contributed by atoms with van der Waals surface area (Å²) < 4.78 is 41.6. The molecule has 2 amide bonds. The van der Waals surface area contributed by atoms with Crippen molar-refractivity contribution in [2.45, 2.75) is 81.3 Å². The van der Waals surface area contributed by atoms with Crippen LogP contribution in [0, 0.1) is 16.7 Å². The van der Waals surface area contributed by atoms with Crippen LogP contribution in [0.5, 0.6) is 0 Å². The fourth-order valence-corrected chi connectivity index (χ4v) is 7.79. The number of carbonyl (C=O) groups is 1. The van der Waals surface area contributed by atoms with E-state index in [9.17, 15) is 18.0 Å². The average molecular weight is 516 g/mol. The van der Waals surface area contributed by atoms with Gasteiger partial charge in [-0.25, -0.2) is 9.78 Å². The highest BCUT2D eigenvalue weighted by Gasteiger charge is 2.67. The number of nitrogens with zero attached hydrogens (tertiary/aromatic N) is 6. The zero-order chi connectivity index (χ0) is 25.2. The van der Waals surface area contributed by atoms with Crippen LogP contribution in [0.4, 0.5) is 18.0 Å². The molecular formula is C26H32F3N7O. The number of urea groups is 1. The van der Waals surface area contributed by atoms with Gasteiger partial charge in [-0.3, -0.25) is 9.78 Å². The van der Waals surface area contributed by atoms with Crippen molar-refractivity contribution >= 4 is 6.03 Å². The fraction of sp³-hybridized carbons (Fsp3) is 0.769. The van der Waals surface area contributed by atoms with Crippen LogP contribution in [0.2, 0.25) is 0 Å². The van der Waals surface area contributed by atoms with E-state index < -0.39 is 11.6 Å². The highest BCUT2D eigenvalue weighted by atomic mass is 19.4. The maximum Gasteiger partial charge on any atom is 0.401 e. The number of H-pyrrole nitrogens is 1. The molecular weight excluding hydrogens is 483 g/mol. The van der Waals surface area contributed by atoms with Crippen LogP contribution in [-0.2, 0) is 12.0 Å². The molecule has 37 heavy (non-hydrogen) atoms. The van der Waals surface area contributed by atoms with E-state index in [1.807, 2.05) is 9.80 Å². The summed E-state index contributed by atoms with van der Waals surface area (Å²) in [5.41, 5.74) is 1.18. The van der Waals surface area contributed by atoms with Crippen molar-refractivity contribution in [1.29, 1.82) is 0 Å². The van der Waals surface area contributed by atoms with Crippen LogP contribution in [0.25, 0.3) is 0 Å². The second kappa shape index (κ2) is 7.08. The molecule has 0 bridgehead atoms. The van der Waals surface area contributed by atoms with Gasteiger partial charge in [-0.2, -0.15) is 23.4 Å². The maximum atomic E-state index is 13.3. The Morgan fingerprint density at radius 2 is 1.65 bits per heavy atom. The summed E-state index contributed by atoms with van der Waals surface area (Å²) in [6.45, 7) is 3.93. The molecule has 0 atom stereocenters. The zero-order valence-electron chi connectivity index (χ0n) is 20.8. The summed E-state index contributed by atoms with van der Waals surface area (Å²) in [5.74, 6) is 1.54. The number of likely N-dealkylation sites (tertiary alicyclic amines) is 2. The molecule has 0 aromatic carbocycles. The minimum Gasteiger partial charge on any atom is -0.323 e. The molecule has 0 unspecified atom stereocenters. The van der Waals surface area contributed by atoms with Gasteiger partial charge in [0.15, 0.2) is 5.82 Å². The lowest BCUT2D eigenvalue weighted by Crippen LogP contribution is -2.71. The lowest BCUT2D eigenvalue weighted by molar-refractivity contribution is -0.162. The van der Waals surface area contributed by atoms with Crippen molar-refractivity contribution in [3.8, 4) is 0 Å². The van der Waals surface area contributed by atoms with Crippen molar-refractivity contribution in [3.05, 3.63) is 29.6 Å². The van der Waals surface area contributed by atoms with Crippen molar-refractivity contribution in [1.82, 2.24) is 34.8 Å². The molecule has 8 nitrogen and oxygen atoms in total. The number of amides is 2. The Morgan fingerprint density at radius 1 is 1.00 bits per heavy atom. The molecule has 11 heteroatoms. The first-order valence-electron chi connectivity index (χ1n) is 13.7. The second-order valence-electron chi connectivity index (χ2n) is 13.3. The standard InChI is InChI=1S/C26H32F3N7O/c27-26(28,29)25(3-4-25)21-30-15-36(33-21)10-16-6-23(7-16)11-34(12-23)22(37)35-13-24(14-35)8-18(9-24)20-5-19(31-32-20)17-1-2-17/h5,15-18H,1-4,6-14H2,(H,31,32). The predicted molar refractivity (Wildman–Crippen MR) is 126 cm³/mol. The van der Waals surface area contributed by atoms with Gasteiger partial charge in [-0.05, 0) is 63.4 Å². The van der Waals surface area contributed by atoms with E-state index in [1.165, 1.54) is 30.6 Å². The summed E-state index contributed by atoms with van der Waals surface area (Å²) in [5, 5.41) is 11.9. The number of aromatic amines is 1. The van der Waals surface area contributed by atoms with Gasteiger partial charge in [0.1, 0.15) is 11.7 Å². The number of halogens is 3. The smallest absolute Gasteiger partial charge is 0.323 e. The van der Waals surface area contributed by atoms with E-state index >= 15 is 0 Å². The summed E-state index contributed by atoms with van der Waals surface area (Å²) >= 11 is 0. The van der Waals surface area contributed by atoms with Gasteiger partial charge in [-0.1, -0.05) is 0 Å². The lowest BCUT2D eigenvalue weighted by Gasteiger charge is -2.63. The Hall–Kier alpha value is -2.59. The zero-order valence-corrected chi connectivity index (χ0v) is 20.8. The van der Waals surface area contributed by atoms with E-state index in [0.29, 0.717) is 29.7 Å². The lowest BCUT2D eigenvalue weighted by atomic mass is 9.56. The van der Waals surface area contributed by atoms with Gasteiger partial charge in [-0.15, -0.1) is 0 Å². The highest BCUT2D eigenvalue weighted by molar-refractivity contribution is 5.77. The van der Waals surface area contributed by atoms with Crippen molar-refractivity contribution in [2.24, 2.45) is 16.7 Å². The molecule has 1 N–H and O–H groups in total. The second-order valence-corrected chi connectivity index (χ2v) is 13.3. The average Bonchev–Trinajstić information content (AvgIpc) is 3.66. The molecule has 4 heterocycles. The Balaban J connectivity index is 0.781. The molecule has 6 aliphatic rings. The van der Waals surface area contributed by atoms with Crippen LogP contribution in [0.15, 0.2) is 12.4 Å². The minimum absolute atomic E-state index is 0.0767. The van der Waals surface area contributed by atoms with Crippen LogP contribution in [-0.4, -0.2) is 73.1 Å². The molecule has 8 rings (SSSR count). The molecule has 0 radical (unpaired) electrons. The summed E-state index contributed by atoms with van der Waals surface area (Å²) in [4.78, 5) is 21.0. The Bertz CT molecular complexity index is 1230. The van der Waals surface area contributed by atoms with E-state index in [1.54, 1.807) is 4.68 Å². The van der Waals surface area contributed by atoms with Gasteiger partial charge in [0.25, 0.3) is 0 Å². The topological polar surface area (TPSA) is 82.9 Å². The van der Waals surface area contributed by atoms with Crippen LogP contribution in [0.3, 0.4) is 0 Å². The third kappa shape index (κ3) is 3.40. The number of rotatable bonds is 5. The monoisotopic (exact) mass is 515 g/mol. The van der Waals surface area contributed by atoms with Crippen LogP contribution < -0.4 is 0 Å². The molecule has 6 fully saturated rings. The minimum atomic E-state index is -4.28. The first-order chi connectivity index (χ1) is 17.6. The number of alkyl halides is 3. The number of hydrogen-bond donors (Lipinski definition) is 1. The number of aromatic nitrogens is 5. The number of nitrogens with one attached hydrogen (secondary N) is 1. The van der Waals surface area contributed by atoms with E-state index in [4.69, 9.17) is 0 Å². The Labute approximate surface area is 213 Å². The molecule has 2 spiro atoms. The van der Waals surface area contributed by atoms with Gasteiger partial charge in [0.2, 0.25) is 0 Å². The highest BCUT2D eigenvalue weighted by Crippen LogP contribution is 2.59. The Kier molecular flexibility index (Phi) is 4.29. The van der Waals surface area contributed by atoms with E-state index in [0.717, 1.165) is 51.9 Å². The largest absolute Gasteiger partial charge is 0.401 e. The Morgan fingerprint density at radius 3 is 2.24 bits per heavy atom. The molecule has 2 aromatic rings. The van der Waals surface area contributed by atoms with Gasteiger partial charge in [0, 0.05) is 61.1 Å². The first-order valence-corrected chi connectivity index (χ1v) is 13.7. The van der Waals surface area contributed by atoms with Gasteiger partial charge < -0.3 is 9.80 Å². The first kappa shape index (κ1) is 22.4. The number of carbonyl (C=O) groups excluding carboxylic acids is 1. The number of hydrogen-bond acceptors (Lipinski definition) is 4. The SMILES string of the molecule is O=C(N1CC2(CC(Cn3cnc(C4(C(F)(F)F)CC4)n3)C2)C1)N1CC2(CC(c3cc(C4CC4)n[nH]3)C2)C1. The molecule has 2 saturated heterocycles. The van der Waals surface area contributed by atoms with Crippen molar-refractivity contribution < 1.29 is 18.0 Å². The quantitative estimate of drug-likeness (QED) is 0.648. The summed E-state index contributed by atoms with van der Waals surface area (Å²) in [6.07, 6.45) is 4.15. The van der Waals surface area contributed by atoms with Crippen molar-refractivity contribution in [3.63, 3.8) is 0 Å². The van der Waals surface area contributed by atoms with Crippen molar-refractivity contribution in [2.75, 3.05) is 26.2 Å². The summed E-state index contributed by atoms with van der Waals surface area (Å²) in [7, 11) is 0. The predicted octanol–water partition coefficient (Wildman–Crippen LogP) is 4.18. The van der Waals surface area contributed by atoms with Gasteiger partial charge >= 0.3 is 12.2 Å². The molecule has 2 aromatic heterocycles. The van der Waals surface area contributed by atoms with Crippen LogP contribution in [0.1, 0.15) is 80.4 Å². The third-order valence-electron chi connectivity index (χ3n) is 10.2. The van der Waals surface area contributed by atoms with E-state index in [2.05, 4.69) is 26.3 Å². The van der Waals surface area contributed by atoms with Crippen LogP contribution >= 0.6 is 0 Å². The molecule has 4 saturated carbocycles.